The lowest BCUT2D eigenvalue weighted by molar-refractivity contribution is 0.0162. The second-order valence-corrected chi connectivity index (χ2v) is 6.01. The van der Waals surface area contributed by atoms with Gasteiger partial charge in [-0.15, -0.1) is 0 Å². The number of carbonyl (C=O) groups excluding carboxylic acids is 1. The number of hydrogen-bond acceptors (Lipinski definition) is 5. The molecule has 0 spiro atoms. The van der Waals surface area contributed by atoms with Gasteiger partial charge in [-0.25, -0.2) is 4.79 Å². The first-order valence-corrected chi connectivity index (χ1v) is 8.86. The van der Waals surface area contributed by atoms with Crippen LogP contribution < -0.4 is 5.32 Å². The topological polar surface area (TPSA) is 91.6 Å². The number of carbonyl (C=O) groups is 1. The quantitative estimate of drug-likeness (QED) is 0.672. The summed E-state index contributed by atoms with van der Waals surface area (Å²) >= 11 is 0. The molecular weight excluding hydrogens is 344 g/mol. The highest BCUT2D eigenvalue weighted by Crippen LogP contribution is 2.12. The van der Waals surface area contributed by atoms with Crippen LogP contribution in [0.25, 0.3) is 0 Å². The zero-order valence-corrected chi connectivity index (χ0v) is 15.1. The summed E-state index contributed by atoms with van der Waals surface area (Å²) in [5, 5.41) is 21.1. The van der Waals surface area contributed by atoms with Crippen molar-refractivity contribution in [3.8, 4) is 6.07 Å². The van der Waals surface area contributed by atoms with Crippen molar-refractivity contribution in [2.45, 2.75) is 38.2 Å². The number of nitrogens with zero attached hydrogens (tertiary/aromatic N) is 1. The van der Waals surface area contributed by atoms with Gasteiger partial charge in [0.2, 0.25) is 0 Å². The van der Waals surface area contributed by atoms with Crippen molar-refractivity contribution in [2.75, 3.05) is 6.61 Å². The fourth-order valence-corrected chi connectivity index (χ4v) is 2.52. The Hall–Kier alpha value is -2.88. The van der Waals surface area contributed by atoms with Crippen molar-refractivity contribution < 1.29 is 19.4 Å². The zero-order chi connectivity index (χ0) is 19.3. The van der Waals surface area contributed by atoms with E-state index in [0.29, 0.717) is 19.4 Å². The van der Waals surface area contributed by atoms with Crippen LogP contribution in [0.2, 0.25) is 0 Å². The van der Waals surface area contributed by atoms with Gasteiger partial charge in [0.15, 0.2) is 0 Å². The molecule has 142 valence electrons. The number of hydrogen-bond donors (Lipinski definition) is 2. The molecule has 2 N–H and O–H groups in total. The summed E-state index contributed by atoms with van der Waals surface area (Å²) < 4.78 is 11.0. The van der Waals surface area contributed by atoms with Gasteiger partial charge in [-0.05, 0) is 24.0 Å². The van der Waals surface area contributed by atoms with Crippen LogP contribution in [-0.2, 0) is 22.7 Å². The summed E-state index contributed by atoms with van der Waals surface area (Å²) in [5.74, 6) is 0. The van der Waals surface area contributed by atoms with Crippen molar-refractivity contribution in [1.82, 2.24) is 5.32 Å². The van der Waals surface area contributed by atoms with E-state index >= 15 is 0 Å². The maximum absolute atomic E-state index is 12.0. The lowest BCUT2D eigenvalue weighted by Crippen LogP contribution is -2.43. The minimum atomic E-state index is -0.872. The largest absolute Gasteiger partial charge is 0.445 e. The molecule has 6 heteroatoms. The third-order valence-corrected chi connectivity index (χ3v) is 3.95. The van der Waals surface area contributed by atoms with E-state index in [2.05, 4.69) is 11.4 Å². The fourth-order valence-electron chi connectivity index (χ4n) is 2.52. The summed E-state index contributed by atoms with van der Waals surface area (Å²) in [6.45, 7) is 0.425. The number of alkyl carbamates (subject to hydrolysis) is 1. The Morgan fingerprint density at radius 2 is 1.63 bits per heavy atom. The molecule has 27 heavy (non-hydrogen) atoms. The molecule has 1 amide bonds. The number of rotatable bonds is 10. The van der Waals surface area contributed by atoms with Crippen molar-refractivity contribution in [2.24, 2.45) is 0 Å². The third-order valence-electron chi connectivity index (χ3n) is 3.95. The molecule has 2 aromatic rings. The van der Waals surface area contributed by atoms with Crippen molar-refractivity contribution in [3.63, 3.8) is 0 Å². The second kappa shape index (κ2) is 11.7. The summed E-state index contributed by atoms with van der Waals surface area (Å²) in [6, 6.07) is 20.0. The molecule has 0 saturated carbocycles. The first-order valence-electron chi connectivity index (χ1n) is 8.86. The van der Waals surface area contributed by atoms with Crippen molar-refractivity contribution in [3.05, 3.63) is 71.8 Å². The van der Waals surface area contributed by atoms with E-state index in [9.17, 15) is 10.1 Å². The van der Waals surface area contributed by atoms with Crippen LogP contribution >= 0.6 is 0 Å². The summed E-state index contributed by atoms with van der Waals surface area (Å²) in [5.41, 5.74) is 1.83. The van der Waals surface area contributed by atoms with Gasteiger partial charge in [-0.3, -0.25) is 0 Å². The van der Waals surface area contributed by atoms with Gasteiger partial charge >= 0.3 is 6.09 Å². The summed E-state index contributed by atoms with van der Waals surface area (Å²) in [7, 11) is 0. The minimum absolute atomic E-state index is 0.0121. The van der Waals surface area contributed by atoms with Crippen LogP contribution in [0.3, 0.4) is 0 Å². The number of ether oxygens (including phenoxy) is 2. The molecule has 6 nitrogen and oxygen atoms in total. The smallest absolute Gasteiger partial charge is 0.408 e. The highest BCUT2D eigenvalue weighted by Gasteiger charge is 2.24. The Morgan fingerprint density at radius 3 is 2.19 bits per heavy atom. The van der Waals surface area contributed by atoms with Crippen LogP contribution in [0, 0.1) is 11.3 Å². The van der Waals surface area contributed by atoms with Gasteiger partial charge < -0.3 is 19.9 Å². The van der Waals surface area contributed by atoms with Crippen LogP contribution in [0.15, 0.2) is 60.7 Å². The zero-order valence-electron chi connectivity index (χ0n) is 15.1. The molecule has 0 bridgehead atoms. The lowest BCUT2D eigenvalue weighted by atomic mass is 10.1. The van der Waals surface area contributed by atoms with E-state index in [4.69, 9.17) is 14.6 Å². The average molecular weight is 368 g/mol. The lowest BCUT2D eigenvalue weighted by Gasteiger charge is -2.23. The van der Waals surface area contributed by atoms with E-state index in [1.807, 2.05) is 60.7 Å². The minimum Gasteiger partial charge on any atom is -0.445 e. The number of aliphatic hydroxyl groups excluding tert-OH is 1. The van der Waals surface area contributed by atoms with Gasteiger partial charge in [-0.1, -0.05) is 60.7 Å². The molecule has 0 aromatic heterocycles. The summed E-state index contributed by atoms with van der Waals surface area (Å²) in [6.07, 6.45) is -0.312. The van der Waals surface area contributed by atoms with Crippen LogP contribution in [-0.4, -0.2) is 30.0 Å². The Labute approximate surface area is 159 Å². The molecular formula is C21H24N2O4. The van der Waals surface area contributed by atoms with Crippen molar-refractivity contribution >= 4 is 6.09 Å². The maximum atomic E-state index is 12.0. The van der Waals surface area contributed by atoms with E-state index in [-0.39, 0.29) is 13.2 Å². The maximum Gasteiger partial charge on any atom is 0.408 e. The van der Waals surface area contributed by atoms with Gasteiger partial charge in [0.1, 0.15) is 12.6 Å². The van der Waals surface area contributed by atoms with E-state index in [1.165, 1.54) is 0 Å². The molecule has 0 aliphatic carbocycles. The molecule has 2 rings (SSSR count). The first-order chi connectivity index (χ1) is 13.2. The van der Waals surface area contributed by atoms with Crippen LogP contribution in [0.5, 0.6) is 0 Å². The predicted molar refractivity (Wildman–Crippen MR) is 101 cm³/mol. The molecule has 0 heterocycles. The molecule has 0 aliphatic rings. The monoisotopic (exact) mass is 368 g/mol. The predicted octanol–water partition coefficient (Wildman–Crippen LogP) is 3.16. The standard InChI is InChI=1S/C21H24N2O4/c22-14-19(23-21(25)27-16-18-10-5-2-6-11-18)20(12-7-13-24)26-15-17-8-3-1-4-9-17/h1-6,8-11,19-20,24H,7,12-13,15-16H2,(H,23,25)/t19-,20+/m1/s1. The van der Waals surface area contributed by atoms with Crippen molar-refractivity contribution in [1.29, 1.82) is 5.26 Å². The first kappa shape index (κ1) is 20.4. The number of amides is 1. The Kier molecular flexibility index (Phi) is 8.84. The highest BCUT2D eigenvalue weighted by molar-refractivity contribution is 5.68. The Bertz CT molecular complexity index is 716. The third kappa shape index (κ3) is 7.48. The van der Waals surface area contributed by atoms with E-state index in [0.717, 1.165) is 11.1 Å². The summed E-state index contributed by atoms with van der Waals surface area (Å²) in [4.78, 5) is 12.0. The van der Waals surface area contributed by atoms with Gasteiger partial charge in [0.05, 0.1) is 18.8 Å². The average Bonchev–Trinajstić information content (AvgIpc) is 2.72. The normalized spacial score (nSPS) is 12.6. The van der Waals surface area contributed by atoms with E-state index in [1.54, 1.807) is 0 Å². The number of nitrogens with one attached hydrogen (secondary N) is 1. The number of aliphatic hydroxyl groups is 1. The number of benzene rings is 2. The van der Waals surface area contributed by atoms with E-state index < -0.39 is 18.2 Å². The van der Waals surface area contributed by atoms with Gasteiger partial charge in [0.25, 0.3) is 0 Å². The molecule has 2 atom stereocenters. The molecule has 0 unspecified atom stereocenters. The molecule has 0 radical (unpaired) electrons. The SMILES string of the molecule is N#C[C@@H](NC(=O)OCc1ccccc1)[C@H](CCCO)OCc1ccccc1. The molecule has 2 aromatic carbocycles. The molecule has 0 fully saturated rings. The second-order valence-electron chi connectivity index (χ2n) is 6.01. The van der Waals surface area contributed by atoms with Gasteiger partial charge in [0, 0.05) is 6.61 Å². The number of nitriles is 1. The molecule has 0 aliphatic heterocycles. The Morgan fingerprint density at radius 1 is 1.04 bits per heavy atom. The highest BCUT2D eigenvalue weighted by atomic mass is 16.5. The van der Waals surface area contributed by atoms with Gasteiger partial charge in [-0.2, -0.15) is 5.26 Å². The van der Waals surface area contributed by atoms with Crippen LogP contribution in [0.1, 0.15) is 24.0 Å². The Balaban J connectivity index is 1.90. The van der Waals surface area contributed by atoms with Crippen LogP contribution in [0.4, 0.5) is 4.79 Å². The molecule has 0 saturated heterocycles. The fraction of sp³-hybridized carbons (Fsp3) is 0.333.